The highest BCUT2D eigenvalue weighted by Crippen LogP contribution is 2.25. The summed E-state index contributed by atoms with van der Waals surface area (Å²) in [6, 6.07) is 6.14. The average Bonchev–Trinajstić information content (AvgIpc) is 2.46. The number of amidine groups is 1. The van der Waals surface area contributed by atoms with E-state index in [-0.39, 0.29) is 18.7 Å². The second-order valence-electron chi connectivity index (χ2n) is 5.10. The third-order valence-corrected chi connectivity index (χ3v) is 3.11. The third kappa shape index (κ3) is 5.53. The van der Waals surface area contributed by atoms with Crippen LogP contribution in [-0.2, 0) is 9.59 Å². The fraction of sp³-hybridized carbons (Fsp3) is 0.400. The Labute approximate surface area is 129 Å². The number of carbonyl (C=O) groups excluding carboxylic acids is 1. The average molecular weight is 306 g/mol. The van der Waals surface area contributed by atoms with E-state index in [1.54, 1.807) is 18.2 Å². The number of para-hydroxylation sites is 2. The number of aliphatic carboxylic acids is 1. The van der Waals surface area contributed by atoms with Crippen molar-refractivity contribution in [2.24, 2.45) is 10.7 Å². The number of carbonyl (C=O) groups is 2. The maximum atomic E-state index is 11.9. The topological polar surface area (TPSA) is 108 Å². The van der Waals surface area contributed by atoms with Gasteiger partial charge < -0.3 is 21.1 Å². The summed E-state index contributed by atoms with van der Waals surface area (Å²) >= 11 is 0. The van der Waals surface area contributed by atoms with Crippen LogP contribution in [0.25, 0.3) is 0 Å². The lowest BCUT2D eigenvalue weighted by Gasteiger charge is -2.13. The Morgan fingerprint density at radius 3 is 2.59 bits per heavy atom. The smallest absolute Gasteiger partial charge is 0.320 e. The Balaban J connectivity index is 2.75. The molecule has 0 aromatic heterocycles. The molecule has 0 bridgehead atoms. The van der Waals surface area contributed by atoms with Crippen molar-refractivity contribution in [1.82, 2.24) is 4.90 Å². The first-order chi connectivity index (χ1) is 10.3. The van der Waals surface area contributed by atoms with Crippen LogP contribution >= 0.6 is 0 Å². The number of carboxylic acids is 1. The number of benzene rings is 1. The van der Waals surface area contributed by atoms with Crippen molar-refractivity contribution in [1.29, 1.82) is 0 Å². The van der Waals surface area contributed by atoms with Gasteiger partial charge in [0.1, 0.15) is 11.9 Å². The molecular formula is C15H22N4O3. The van der Waals surface area contributed by atoms with Crippen molar-refractivity contribution in [3.05, 3.63) is 24.3 Å². The first-order valence-electron chi connectivity index (χ1n) is 6.91. The minimum atomic E-state index is -1.11. The molecule has 7 nitrogen and oxygen atoms in total. The van der Waals surface area contributed by atoms with Crippen LogP contribution in [0.3, 0.4) is 0 Å². The van der Waals surface area contributed by atoms with Gasteiger partial charge in [-0.15, -0.1) is 0 Å². The normalized spacial score (nSPS) is 12.6. The Kier molecular flexibility index (Phi) is 6.52. The molecule has 0 spiro atoms. The minimum Gasteiger partial charge on any atom is -0.480 e. The van der Waals surface area contributed by atoms with Crippen LogP contribution in [0.1, 0.15) is 19.8 Å². The molecule has 0 saturated heterocycles. The molecule has 7 heteroatoms. The summed E-state index contributed by atoms with van der Waals surface area (Å²) in [7, 11) is 3.76. The summed E-state index contributed by atoms with van der Waals surface area (Å²) in [5, 5.41) is 11.4. The van der Waals surface area contributed by atoms with E-state index in [0.717, 1.165) is 5.84 Å². The summed E-state index contributed by atoms with van der Waals surface area (Å²) in [6.45, 7) is 1.87. The molecule has 0 aliphatic rings. The van der Waals surface area contributed by atoms with Crippen molar-refractivity contribution in [2.75, 3.05) is 19.4 Å². The molecule has 0 unspecified atom stereocenters. The molecule has 22 heavy (non-hydrogen) atoms. The van der Waals surface area contributed by atoms with E-state index in [2.05, 4.69) is 10.3 Å². The third-order valence-electron chi connectivity index (χ3n) is 3.11. The zero-order valence-electron chi connectivity index (χ0n) is 13.0. The molecule has 1 rings (SSSR count). The minimum absolute atomic E-state index is 0.0399. The van der Waals surface area contributed by atoms with Crippen LogP contribution in [0.2, 0.25) is 0 Å². The molecule has 1 amide bonds. The number of carboxylic acid groups (broad SMARTS) is 1. The van der Waals surface area contributed by atoms with Crippen LogP contribution in [0.5, 0.6) is 0 Å². The second kappa shape index (κ2) is 8.14. The highest BCUT2D eigenvalue weighted by molar-refractivity contribution is 5.95. The molecule has 4 N–H and O–H groups in total. The van der Waals surface area contributed by atoms with E-state index in [1.165, 1.54) is 0 Å². The van der Waals surface area contributed by atoms with Crippen LogP contribution in [0, 0.1) is 0 Å². The zero-order valence-corrected chi connectivity index (χ0v) is 13.0. The number of amides is 1. The molecule has 1 atom stereocenters. The van der Waals surface area contributed by atoms with Gasteiger partial charge in [0.25, 0.3) is 0 Å². The van der Waals surface area contributed by atoms with Gasteiger partial charge in [-0.25, -0.2) is 4.99 Å². The van der Waals surface area contributed by atoms with E-state index in [4.69, 9.17) is 10.8 Å². The lowest BCUT2D eigenvalue weighted by atomic mass is 10.1. The van der Waals surface area contributed by atoms with Crippen LogP contribution in [0.4, 0.5) is 11.4 Å². The zero-order chi connectivity index (χ0) is 16.7. The fourth-order valence-electron chi connectivity index (χ4n) is 1.57. The number of nitrogens with two attached hydrogens (primary N) is 1. The monoisotopic (exact) mass is 306 g/mol. The van der Waals surface area contributed by atoms with Crippen molar-refractivity contribution >= 4 is 29.1 Å². The number of aliphatic imine (C=N–C) groups is 1. The van der Waals surface area contributed by atoms with E-state index < -0.39 is 12.0 Å². The largest absolute Gasteiger partial charge is 0.480 e. The van der Waals surface area contributed by atoms with Gasteiger partial charge in [-0.3, -0.25) is 9.59 Å². The first-order valence-corrected chi connectivity index (χ1v) is 6.91. The Bertz CT molecular complexity index is 570. The van der Waals surface area contributed by atoms with E-state index >= 15 is 0 Å². The van der Waals surface area contributed by atoms with Gasteiger partial charge in [-0.05, 0) is 25.5 Å². The summed E-state index contributed by atoms with van der Waals surface area (Å²) in [4.78, 5) is 28.8. The first kappa shape index (κ1) is 17.6. The van der Waals surface area contributed by atoms with Gasteiger partial charge in [-0.2, -0.15) is 0 Å². The quantitative estimate of drug-likeness (QED) is 0.544. The van der Waals surface area contributed by atoms with Gasteiger partial charge in [0, 0.05) is 20.5 Å². The summed E-state index contributed by atoms with van der Waals surface area (Å²) in [5.41, 5.74) is 6.60. The van der Waals surface area contributed by atoms with Crippen molar-refractivity contribution in [3.8, 4) is 0 Å². The molecular weight excluding hydrogens is 284 g/mol. The molecule has 0 heterocycles. The van der Waals surface area contributed by atoms with Gasteiger partial charge >= 0.3 is 5.97 Å². The summed E-state index contributed by atoms with van der Waals surface area (Å²) in [5.74, 6) is -0.601. The van der Waals surface area contributed by atoms with E-state index in [9.17, 15) is 9.59 Å². The number of hydrogen-bond donors (Lipinski definition) is 3. The van der Waals surface area contributed by atoms with Crippen LogP contribution in [0.15, 0.2) is 29.3 Å². The Morgan fingerprint density at radius 2 is 2.00 bits per heavy atom. The lowest BCUT2D eigenvalue weighted by Crippen LogP contribution is -2.31. The Morgan fingerprint density at radius 1 is 1.36 bits per heavy atom. The molecule has 0 aliphatic heterocycles. The number of hydrogen-bond acceptors (Lipinski definition) is 4. The molecule has 120 valence electrons. The van der Waals surface area contributed by atoms with Gasteiger partial charge in [0.05, 0.1) is 11.4 Å². The van der Waals surface area contributed by atoms with Crippen molar-refractivity contribution < 1.29 is 14.7 Å². The predicted octanol–water partition coefficient (Wildman–Crippen LogP) is 1.43. The molecule has 0 saturated carbocycles. The van der Waals surface area contributed by atoms with Gasteiger partial charge in [-0.1, -0.05) is 12.1 Å². The fourth-order valence-corrected chi connectivity index (χ4v) is 1.57. The van der Waals surface area contributed by atoms with Crippen molar-refractivity contribution in [3.63, 3.8) is 0 Å². The highest BCUT2D eigenvalue weighted by Gasteiger charge is 2.14. The highest BCUT2D eigenvalue weighted by atomic mass is 16.4. The SMILES string of the molecule is CC(=Nc1ccccc1NC(=O)CC[C@H](N)C(=O)O)N(C)C. The number of nitrogens with zero attached hydrogens (tertiary/aromatic N) is 2. The van der Waals surface area contributed by atoms with Crippen molar-refractivity contribution in [2.45, 2.75) is 25.8 Å². The van der Waals surface area contributed by atoms with Crippen LogP contribution < -0.4 is 11.1 Å². The van der Waals surface area contributed by atoms with Crippen LogP contribution in [-0.4, -0.2) is 47.9 Å². The molecule has 0 fully saturated rings. The molecule has 0 aliphatic carbocycles. The lowest BCUT2D eigenvalue weighted by molar-refractivity contribution is -0.138. The maximum Gasteiger partial charge on any atom is 0.320 e. The molecule has 1 aromatic rings. The van der Waals surface area contributed by atoms with E-state index in [0.29, 0.717) is 11.4 Å². The standard InChI is InChI=1S/C15H22N4O3/c1-10(19(2)3)17-12-6-4-5-7-13(12)18-14(20)9-8-11(16)15(21)22/h4-7,11H,8-9,16H2,1-3H3,(H,18,20)(H,21,22)/t11-/m0/s1. The van der Waals surface area contributed by atoms with Gasteiger partial charge in [0.15, 0.2) is 0 Å². The number of anilines is 1. The summed E-state index contributed by atoms with van der Waals surface area (Å²) in [6.07, 6.45) is 0.126. The van der Waals surface area contributed by atoms with E-state index in [1.807, 2.05) is 32.0 Å². The summed E-state index contributed by atoms with van der Waals surface area (Å²) < 4.78 is 0. The predicted molar refractivity (Wildman–Crippen MR) is 86.4 cm³/mol. The molecule has 0 radical (unpaired) electrons. The molecule has 1 aromatic carbocycles. The number of nitrogens with one attached hydrogen (secondary N) is 1. The Hall–Kier alpha value is -2.41. The number of rotatable bonds is 6. The second-order valence-corrected chi connectivity index (χ2v) is 5.10. The maximum absolute atomic E-state index is 11.9. The van der Waals surface area contributed by atoms with Gasteiger partial charge in [0.2, 0.25) is 5.91 Å².